The fraction of sp³-hybridized carbons (Fsp3) is 0.143. The summed E-state index contributed by atoms with van der Waals surface area (Å²) in [5.74, 6) is 0.831. The minimum absolute atomic E-state index is 0.831. The van der Waals surface area contributed by atoms with Crippen LogP contribution in [0.25, 0.3) is 5.57 Å². The van der Waals surface area contributed by atoms with Crippen molar-refractivity contribution in [3.05, 3.63) is 30.4 Å². The standard InChI is InChI=1S/C7H9NO/c1-6(5-8)7-3-2-4-9-7/h2-5H,8H2,1H3/b6-5-. The normalized spacial score (nSPS) is 11.9. The highest BCUT2D eigenvalue weighted by atomic mass is 16.3. The van der Waals surface area contributed by atoms with Gasteiger partial charge in [-0.25, -0.2) is 0 Å². The lowest BCUT2D eigenvalue weighted by molar-refractivity contribution is 0.552. The van der Waals surface area contributed by atoms with Gasteiger partial charge in [0, 0.05) is 11.8 Å². The highest BCUT2D eigenvalue weighted by Gasteiger charge is 1.93. The zero-order valence-corrected chi connectivity index (χ0v) is 5.29. The molecule has 0 amide bonds. The van der Waals surface area contributed by atoms with Gasteiger partial charge in [0.1, 0.15) is 5.76 Å². The van der Waals surface area contributed by atoms with Crippen molar-refractivity contribution in [2.45, 2.75) is 6.92 Å². The topological polar surface area (TPSA) is 39.2 Å². The summed E-state index contributed by atoms with van der Waals surface area (Å²) in [4.78, 5) is 0. The average Bonchev–Trinajstić information content (AvgIpc) is 2.37. The van der Waals surface area contributed by atoms with Gasteiger partial charge in [0.05, 0.1) is 6.26 Å². The molecular formula is C7H9NO. The second-order valence-corrected chi connectivity index (χ2v) is 1.83. The van der Waals surface area contributed by atoms with Gasteiger partial charge in [-0.3, -0.25) is 0 Å². The molecule has 2 heteroatoms. The Kier molecular flexibility index (Phi) is 1.58. The van der Waals surface area contributed by atoms with Gasteiger partial charge in [0.15, 0.2) is 0 Å². The third kappa shape index (κ3) is 1.13. The van der Waals surface area contributed by atoms with Gasteiger partial charge >= 0.3 is 0 Å². The molecule has 2 N–H and O–H groups in total. The number of hydrogen-bond donors (Lipinski definition) is 1. The number of rotatable bonds is 1. The second-order valence-electron chi connectivity index (χ2n) is 1.83. The molecule has 0 aromatic carbocycles. The SMILES string of the molecule is C/C(=C/N)c1ccco1. The van der Waals surface area contributed by atoms with Crippen LogP contribution in [-0.4, -0.2) is 0 Å². The van der Waals surface area contributed by atoms with Crippen LogP contribution in [-0.2, 0) is 0 Å². The monoisotopic (exact) mass is 123 g/mol. The van der Waals surface area contributed by atoms with Crippen molar-refractivity contribution in [3.8, 4) is 0 Å². The molecule has 0 aliphatic rings. The Morgan fingerprint density at radius 3 is 3.00 bits per heavy atom. The van der Waals surface area contributed by atoms with Crippen LogP contribution in [0, 0.1) is 0 Å². The van der Waals surface area contributed by atoms with Crippen molar-refractivity contribution in [3.63, 3.8) is 0 Å². The van der Waals surface area contributed by atoms with Crippen LogP contribution in [0.4, 0.5) is 0 Å². The van der Waals surface area contributed by atoms with E-state index in [1.807, 2.05) is 19.1 Å². The van der Waals surface area contributed by atoms with Gasteiger partial charge in [-0.15, -0.1) is 0 Å². The van der Waals surface area contributed by atoms with Gasteiger partial charge in [0.25, 0.3) is 0 Å². The van der Waals surface area contributed by atoms with Gasteiger partial charge in [0.2, 0.25) is 0 Å². The zero-order chi connectivity index (χ0) is 6.69. The molecule has 0 saturated carbocycles. The number of furan rings is 1. The van der Waals surface area contributed by atoms with Gasteiger partial charge < -0.3 is 10.2 Å². The Balaban J connectivity index is 2.90. The largest absolute Gasteiger partial charge is 0.465 e. The van der Waals surface area contributed by atoms with Gasteiger partial charge in [-0.1, -0.05) is 0 Å². The fourth-order valence-corrected chi connectivity index (χ4v) is 0.585. The van der Waals surface area contributed by atoms with E-state index in [2.05, 4.69) is 0 Å². The van der Waals surface area contributed by atoms with E-state index >= 15 is 0 Å². The summed E-state index contributed by atoms with van der Waals surface area (Å²) in [6.45, 7) is 1.90. The van der Waals surface area contributed by atoms with Crippen molar-refractivity contribution in [1.29, 1.82) is 0 Å². The summed E-state index contributed by atoms with van der Waals surface area (Å²) in [7, 11) is 0. The van der Waals surface area contributed by atoms with E-state index in [-0.39, 0.29) is 0 Å². The van der Waals surface area contributed by atoms with Crippen LogP contribution < -0.4 is 5.73 Å². The van der Waals surface area contributed by atoms with Crippen LogP contribution in [0.2, 0.25) is 0 Å². The molecule has 0 unspecified atom stereocenters. The Morgan fingerprint density at radius 2 is 2.56 bits per heavy atom. The van der Waals surface area contributed by atoms with Crippen molar-refractivity contribution >= 4 is 5.57 Å². The smallest absolute Gasteiger partial charge is 0.130 e. The molecule has 0 fully saturated rings. The summed E-state index contributed by atoms with van der Waals surface area (Å²) in [6.07, 6.45) is 3.15. The van der Waals surface area contributed by atoms with Crippen molar-refractivity contribution in [2.75, 3.05) is 0 Å². The van der Waals surface area contributed by atoms with Crippen LogP contribution in [0.5, 0.6) is 0 Å². The van der Waals surface area contributed by atoms with Gasteiger partial charge in [-0.05, 0) is 19.1 Å². The lowest BCUT2D eigenvalue weighted by Crippen LogP contribution is -1.81. The minimum atomic E-state index is 0.831. The predicted molar refractivity (Wildman–Crippen MR) is 36.5 cm³/mol. The van der Waals surface area contributed by atoms with Crippen LogP contribution >= 0.6 is 0 Å². The molecule has 0 aliphatic heterocycles. The highest BCUT2D eigenvalue weighted by molar-refractivity contribution is 5.57. The first kappa shape index (κ1) is 5.95. The quantitative estimate of drug-likeness (QED) is 0.616. The molecule has 0 bridgehead atoms. The van der Waals surface area contributed by atoms with Crippen molar-refractivity contribution in [1.82, 2.24) is 0 Å². The predicted octanol–water partition coefficient (Wildman–Crippen LogP) is 1.60. The third-order valence-electron chi connectivity index (χ3n) is 1.16. The lowest BCUT2D eigenvalue weighted by Gasteiger charge is -1.89. The summed E-state index contributed by atoms with van der Waals surface area (Å²) < 4.78 is 5.04. The molecule has 9 heavy (non-hydrogen) atoms. The number of nitrogens with two attached hydrogens (primary N) is 1. The highest BCUT2D eigenvalue weighted by Crippen LogP contribution is 2.11. The summed E-state index contributed by atoms with van der Waals surface area (Å²) in [5, 5.41) is 0. The maximum absolute atomic E-state index is 5.24. The van der Waals surface area contributed by atoms with Crippen LogP contribution in [0.15, 0.2) is 29.0 Å². The Labute approximate surface area is 54.0 Å². The molecule has 0 radical (unpaired) electrons. The average molecular weight is 123 g/mol. The van der Waals surface area contributed by atoms with E-state index in [9.17, 15) is 0 Å². The molecule has 1 aromatic heterocycles. The molecule has 0 spiro atoms. The molecule has 0 saturated heterocycles. The molecule has 0 atom stereocenters. The maximum Gasteiger partial charge on any atom is 0.130 e. The molecule has 48 valence electrons. The Bertz CT molecular complexity index is 199. The first-order valence-corrected chi connectivity index (χ1v) is 2.77. The first-order chi connectivity index (χ1) is 4.34. The molecule has 0 aliphatic carbocycles. The summed E-state index contributed by atoms with van der Waals surface area (Å²) in [5.41, 5.74) is 6.20. The molecular weight excluding hydrogens is 114 g/mol. The maximum atomic E-state index is 5.24. The molecule has 1 rings (SSSR count). The second kappa shape index (κ2) is 2.40. The van der Waals surface area contributed by atoms with E-state index in [1.54, 1.807) is 6.26 Å². The van der Waals surface area contributed by atoms with E-state index in [0.29, 0.717) is 0 Å². The van der Waals surface area contributed by atoms with Crippen molar-refractivity contribution < 1.29 is 4.42 Å². The first-order valence-electron chi connectivity index (χ1n) is 2.77. The number of allylic oxidation sites excluding steroid dienone is 1. The Hall–Kier alpha value is -1.18. The summed E-state index contributed by atoms with van der Waals surface area (Å²) >= 11 is 0. The lowest BCUT2D eigenvalue weighted by atomic mass is 10.2. The van der Waals surface area contributed by atoms with Gasteiger partial charge in [-0.2, -0.15) is 0 Å². The number of hydrogen-bond acceptors (Lipinski definition) is 2. The zero-order valence-electron chi connectivity index (χ0n) is 5.29. The van der Waals surface area contributed by atoms with Crippen molar-refractivity contribution in [2.24, 2.45) is 5.73 Å². The molecule has 2 nitrogen and oxygen atoms in total. The minimum Gasteiger partial charge on any atom is -0.465 e. The Morgan fingerprint density at radius 1 is 1.78 bits per heavy atom. The van der Waals surface area contributed by atoms with E-state index in [1.165, 1.54) is 6.20 Å². The molecule has 1 heterocycles. The van der Waals surface area contributed by atoms with Crippen LogP contribution in [0.1, 0.15) is 12.7 Å². The van der Waals surface area contributed by atoms with Crippen LogP contribution in [0.3, 0.4) is 0 Å². The molecule has 1 aromatic rings. The van der Waals surface area contributed by atoms with E-state index in [0.717, 1.165) is 11.3 Å². The van der Waals surface area contributed by atoms with E-state index in [4.69, 9.17) is 10.2 Å². The van der Waals surface area contributed by atoms with E-state index < -0.39 is 0 Å². The third-order valence-corrected chi connectivity index (χ3v) is 1.16. The summed E-state index contributed by atoms with van der Waals surface area (Å²) in [6, 6.07) is 3.71. The fourth-order valence-electron chi connectivity index (χ4n) is 0.585.